The number of hydrogen-bond donors (Lipinski definition) is 2. The van der Waals surface area contributed by atoms with Gasteiger partial charge in [0.2, 0.25) is 0 Å². The molecule has 0 atom stereocenters. The van der Waals surface area contributed by atoms with Gasteiger partial charge in [-0.15, -0.1) is 0 Å². The maximum Gasteiger partial charge on any atom is 0.306 e. The van der Waals surface area contributed by atoms with E-state index in [4.69, 9.17) is 16.6 Å². The molecular formula is C24H24ClFN4O2. The van der Waals surface area contributed by atoms with Crippen molar-refractivity contribution in [1.82, 2.24) is 19.7 Å². The third-order valence-corrected chi connectivity index (χ3v) is 6.90. The molecule has 1 fully saturated rings. The van der Waals surface area contributed by atoms with E-state index >= 15 is 0 Å². The molecule has 32 heavy (non-hydrogen) atoms. The van der Waals surface area contributed by atoms with Gasteiger partial charge in [0.15, 0.2) is 5.65 Å². The molecule has 4 aromatic rings. The number of nitrogens with one attached hydrogen (secondary N) is 1. The number of benzene rings is 1. The Morgan fingerprint density at radius 1 is 1.25 bits per heavy atom. The summed E-state index contributed by atoms with van der Waals surface area (Å²) >= 11 is 6.15. The number of carbonyl (C=O) groups is 1. The number of hydrogen-bond acceptors (Lipinski definition) is 3. The van der Waals surface area contributed by atoms with E-state index < -0.39 is 11.8 Å². The van der Waals surface area contributed by atoms with E-state index in [0.717, 1.165) is 46.2 Å². The number of aromatic amines is 1. The SMILES string of the molecule is CC(C)c1c(C2CCC(C(=O)O)CC2)c2nc3[nH]ncc3cc2n1-c1ccc(F)c(Cl)c1. The third kappa shape index (κ3) is 3.35. The van der Waals surface area contributed by atoms with Gasteiger partial charge in [0, 0.05) is 22.3 Å². The molecule has 166 valence electrons. The van der Waals surface area contributed by atoms with Crippen LogP contribution >= 0.6 is 11.6 Å². The summed E-state index contributed by atoms with van der Waals surface area (Å²) in [6.07, 6.45) is 4.63. The molecule has 1 aromatic carbocycles. The van der Waals surface area contributed by atoms with Crippen molar-refractivity contribution in [3.63, 3.8) is 0 Å². The van der Waals surface area contributed by atoms with Crippen LogP contribution in [0.5, 0.6) is 0 Å². The summed E-state index contributed by atoms with van der Waals surface area (Å²) in [5.41, 5.74) is 5.54. The molecule has 6 nitrogen and oxygen atoms in total. The smallest absolute Gasteiger partial charge is 0.306 e. The zero-order valence-electron chi connectivity index (χ0n) is 17.9. The topological polar surface area (TPSA) is 83.8 Å². The molecule has 0 unspecified atom stereocenters. The minimum atomic E-state index is -0.715. The molecule has 0 bridgehead atoms. The van der Waals surface area contributed by atoms with Gasteiger partial charge in [-0.25, -0.2) is 9.37 Å². The van der Waals surface area contributed by atoms with Crippen LogP contribution in [-0.2, 0) is 4.79 Å². The number of H-pyrrole nitrogens is 1. The molecule has 5 rings (SSSR count). The largest absolute Gasteiger partial charge is 0.481 e. The number of carboxylic acids is 1. The molecule has 2 N–H and O–H groups in total. The molecule has 8 heteroatoms. The summed E-state index contributed by atoms with van der Waals surface area (Å²) in [6.45, 7) is 4.27. The number of nitrogens with zero attached hydrogens (tertiary/aromatic N) is 3. The van der Waals surface area contributed by atoms with Crippen LogP contribution in [0.15, 0.2) is 30.5 Å². The van der Waals surface area contributed by atoms with Crippen molar-refractivity contribution in [3.8, 4) is 5.69 Å². The molecule has 0 saturated heterocycles. The van der Waals surface area contributed by atoms with Crippen LogP contribution < -0.4 is 0 Å². The summed E-state index contributed by atoms with van der Waals surface area (Å²) in [6, 6.07) is 6.82. The normalized spacial score (nSPS) is 19.3. The van der Waals surface area contributed by atoms with E-state index in [-0.39, 0.29) is 22.8 Å². The monoisotopic (exact) mass is 454 g/mol. The van der Waals surface area contributed by atoms with Crippen LogP contribution in [0, 0.1) is 11.7 Å². The predicted molar refractivity (Wildman–Crippen MR) is 122 cm³/mol. The number of rotatable bonds is 4. The van der Waals surface area contributed by atoms with Crippen molar-refractivity contribution in [3.05, 3.63) is 52.6 Å². The van der Waals surface area contributed by atoms with Crippen molar-refractivity contribution < 1.29 is 14.3 Å². The van der Waals surface area contributed by atoms with E-state index in [1.807, 2.05) is 0 Å². The van der Waals surface area contributed by atoms with Crippen LogP contribution in [0.1, 0.15) is 62.6 Å². The summed E-state index contributed by atoms with van der Waals surface area (Å²) in [5, 5.41) is 17.5. The fraction of sp³-hybridized carbons (Fsp3) is 0.375. The van der Waals surface area contributed by atoms with Gasteiger partial charge in [-0.05, 0) is 61.8 Å². The highest BCUT2D eigenvalue weighted by Crippen LogP contribution is 2.45. The number of halogens is 2. The van der Waals surface area contributed by atoms with Crippen molar-refractivity contribution in [2.24, 2.45) is 5.92 Å². The second kappa shape index (κ2) is 7.89. The number of carboxylic acid groups (broad SMARTS) is 1. The van der Waals surface area contributed by atoms with Gasteiger partial charge in [-0.2, -0.15) is 5.10 Å². The highest BCUT2D eigenvalue weighted by molar-refractivity contribution is 6.30. The van der Waals surface area contributed by atoms with Gasteiger partial charge in [-0.1, -0.05) is 25.4 Å². The Bertz CT molecular complexity index is 1340. The molecule has 0 amide bonds. The van der Waals surface area contributed by atoms with E-state index in [0.29, 0.717) is 18.5 Å². The minimum Gasteiger partial charge on any atom is -0.481 e. The van der Waals surface area contributed by atoms with Crippen LogP contribution in [0.4, 0.5) is 4.39 Å². The van der Waals surface area contributed by atoms with E-state index in [1.165, 1.54) is 6.07 Å². The average Bonchev–Trinajstić information content (AvgIpc) is 3.36. The number of aromatic nitrogens is 4. The van der Waals surface area contributed by atoms with Gasteiger partial charge in [-0.3, -0.25) is 9.89 Å². The lowest BCUT2D eigenvalue weighted by molar-refractivity contribution is -0.142. The van der Waals surface area contributed by atoms with Gasteiger partial charge in [0.05, 0.1) is 28.2 Å². The maximum absolute atomic E-state index is 13.9. The first-order chi connectivity index (χ1) is 15.3. The van der Waals surface area contributed by atoms with Crippen molar-refractivity contribution in [2.75, 3.05) is 0 Å². The number of fused-ring (bicyclic) bond motifs is 2. The van der Waals surface area contributed by atoms with Crippen molar-refractivity contribution in [1.29, 1.82) is 0 Å². The molecule has 0 radical (unpaired) electrons. The van der Waals surface area contributed by atoms with Gasteiger partial charge in [0.25, 0.3) is 0 Å². The van der Waals surface area contributed by atoms with Crippen molar-refractivity contribution >= 4 is 39.6 Å². The second-order valence-corrected chi connectivity index (χ2v) is 9.35. The molecular weight excluding hydrogens is 431 g/mol. The zero-order chi connectivity index (χ0) is 22.6. The Labute approximate surface area is 189 Å². The first-order valence-corrected chi connectivity index (χ1v) is 11.3. The zero-order valence-corrected chi connectivity index (χ0v) is 18.7. The Morgan fingerprint density at radius 2 is 2.00 bits per heavy atom. The lowest BCUT2D eigenvalue weighted by atomic mass is 9.77. The fourth-order valence-electron chi connectivity index (χ4n) is 5.11. The Kier molecular flexibility index (Phi) is 5.16. The third-order valence-electron chi connectivity index (χ3n) is 6.61. The number of aliphatic carboxylic acids is 1. The Morgan fingerprint density at radius 3 is 2.66 bits per heavy atom. The maximum atomic E-state index is 13.9. The van der Waals surface area contributed by atoms with Crippen LogP contribution in [0.25, 0.3) is 27.8 Å². The van der Waals surface area contributed by atoms with Gasteiger partial charge < -0.3 is 9.67 Å². The Hall–Kier alpha value is -2.93. The average molecular weight is 455 g/mol. The molecule has 3 heterocycles. The standard InChI is InChI=1S/C24H24ClFN4O2/c1-12(2)22-20(13-3-5-14(6-4-13)24(31)32)21-19(9-15-11-27-29-23(15)28-21)30(22)16-7-8-18(26)17(25)10-16/h7-14H,3-6H2,1-2H3,(H,31,32)(H,27,28,29). The highest BCUT2D eigenvalue weighted by Gasteiger charge is 2.33. The predicted octanol–water partition coefficient (Wildman–Crippen LogP) is 6.18. The summed E-state index contributed by atoms with van der Waals surface area (Å²) in [7, 11) is 0. The van der Waals surface area contributed by atoms with Crippen LogP contribution in [0.2, 0.25) is 5.02 Å². The summed E-state index contributed by atoms with van der Waals surface area (Å²) in [5.74, 6) is -1.09. The minimum absolute atomic E-state index is 0.0694. The first-order valence-electron chi connectivity index (χ1n) is 10.9. The summed E-state index contributed by atoms with van der Waals surface area (Å²) in [4.78, 5) is 16.4. The molecule has 0 aliphatic heterocycles. The number of pyridine rings is 1. The van der Waals surface area contributed by atoms with Crippen LogP contribution in [-0.4, -0.2) is 30.8 Å². The summed E-state index contributed by atoms with van der Waals surface area (Å²) < 4.78 is 16.1. The van der Waals surface area contributed by atoms with E-state index in [1.54, 1.807) is 18.3 Å². The first kappa shape index (κ1) is 20.9. The molecule has 1 aliphatic rings. The van der Waals surface area contributed by atoms with Crippen LogP contribution in [0.3, 0.4) is 0 Å². The van der Waals surface area contributed by atoms with E-state index in [9.17, 15) is 14.3 Å². The molecule has 3 aromatic heterocycles. The molecule has 1 saturated carbocycles. The molecule has 1 aliphatic carbocycles. The van der Waals surface area contributed by atoms with Crippen molar-refractivity contribution in [2.45, 2.75) is 51.4 Å². The van der Waals surface area contributed by atoms with Gasteiger partial charge >= 0.3 is 5.97 Å². The van der Waals surface area contributed by atoms with E-state index in [2.05, 4.69) is 34.7 Å². The second-order valence-electron chi connectivity index (χ2n) is 8.94. The quantitative estimate of drug-likeness (QED) is 0.386. The molecule has 0 spiro atoms. The lowest BCUT2D eigenvalue weighted by Crippen LogP contribution is -2.21. The fourth-order valence-corrected chi connectivity index (χ4v) is 5.29. The Balaban J connectivity index is 1.78. The van der Waals surface area contributed by atoms with Gasteiger partial charge in [0.1, 0.15) is 5.82 Å². The lowest BCUT2D eigenvalue weighted by Gasteiger charge is -2.27. The highest BCUT2D eigenvalue weighted by atomic mass is 35.5.